The molecule has 0 amide bonds. The molecule has 0 bridgehead atoms. The molecule has 3 aromatic rings. The van der Waals surface area contributed by atoms with Gasteiger partial charge in [0.15, 0.2) is 5.78 Å². The van der Waals surface area contributed by atoms with E-state index < -0.39 is 6.04 Å². The van der Waals surface area contributed by atoms with E-state index in [9.17, 15) is 9.18 Å². The van der Waals surface area contributed by atoms with Crippen molar-refractivity contribution in [3.63, 3.8) is 0 Å². The van der Waals surface area contributed by atoms with Crippen molar-refractivity contribution in [1.29, 1.82) is 0 Å². The zero-order valence-electron chi connectivity index (χ0n) is 15.9. The van der Waals surface area contributed by atoms with Gasteiger partial charge in [0.1, 0.15) is 11.9 Å². The van der Waals surface area contributed by atoms with Gasteiger partial charge in [-0.05, 0) is 30.5 Å². The Kier molecular flexibility index (Phi) is 5.08. The molecule has 30 heavy (non-hydrogen) atoms. The Morgan fingerprint density at radius 3 is 2.80 bits per heavy atom. The molecule has 2 heterocycles. The normalized spacial score (nSPS) is 18.1. The zero-order valence-corrected chi connectivity index (χ0v) is 17.5. The van der Waals surface area contributed by atoms with Gasteiger partial charge >= 0.3 is 0 Å². The number of aromatic nitrogens is 3. The van der Waals surface area contributed by atoms with Crippen molar-refractivity contribution >= 4 is 35.1 Å². The Balaban J connectivity index is 1.53. The molecule has 1 N–H and O–H groups in total. The molecule has 5 nitrogen and oxygen atoms in total. The number of hydrogen-bond donors (Lipinski definition) is 1. The van der Waals surface area contributed by atoms with Gasteiger partial charge in [0.05, 0.1) is 0 Å². The SMILES string of the molecule is O=C1CCCC2=C1[C@H](c1ccccc1F)n1nc(SCc3ccccc3Cl)nc1N2. The van der Waals surface area contributed by atoms with Crippen molar-refractivity contribution in [2.24, 2.45) is 0 Å². The molecule has 152 valence electrons. The fourth-order valence-corrected chi connectivity index (χ4v) is 5.05. The van der Waals surface area contributed by atoms with Crippen molar-refractivity contribution in [3.8, 4) is 0 Å². The van der Waals surface area contributed by atoms with Crippen LogP contribution >= 0.6 is 23.4 Å². The third-order valence-electron chi connectivity index (χ3n) is 5.36. The molecular formula is C22H18ClFN4OS. The summed E-state index contributed by atoms with van der Waals surface area (Å²) in [6.45, 7) is 0. The number of halogens is 2. The van der Waals surface area contributed by atoms with Gasteiger partial charge in [0.25, 0.3) is 0 Å². The minimum absolute atomic E-state index is 0.0309. The second-order valence-corrected chi connectivity index (χ2v) is 8.61. The summed E-state index contributed by atoms with van der Waals surface area (Å²) < 4.78 is 16.4. The molecule has 0 saturated heterocycles. The number of anilines is 1. The Morgan fingerprint density at radius 1 is 1.17 bits per heavy atom. The summed E-state index contributed by atoms with van der Waals surface area (Å²) in [7, 11) is 0. The van der Waals surface area contributed by atoms with Crippen molar-refractivity contribution in [2.75, 3.05) is 5.32 Å². The maximum atomic E-state index is 14.7. The highest BCUT2D eigenvalue weighted by Gasteiger charge is 2.37. The first-order chi connectivity index (χ1) is 14.6. The number of benzene rings is 2. The number of Topliss-reactive ketones (excluding diaryl/α,β-unsaturated/α-hetero) is 1. The van der Waals surface area contributed by atoms with Crippen LogP contribution in [0.15, 0.2) is 65.0 Å². The Bertz CT molecular complexity index is 1180. The van der Waals surface area contributed by atoms with Crippen LogP contribution in [-0.2, 0) is 10.5 Å². The smallest absolute Gasteiger partial charge is 0.227 e. The average molecular weight is 441 g/mol. The fourth-order valence-electron chi connectivity index (χ4n) is 3.94. The van der Waals surface area contributed by atoms with Gasteiger partial charge < -0.3 is 5.32 Å². The van der Waals surface area contributed by atoms with Gasteiger partial charge in [-0.2, -0.15) is 4.98 Å². The Hall–Kier alpha value is -2.64. The van der Waals surface area contributed by atoms with E-state index in [0.29, 0.717) is 39.4 Å². The summed E-state index contributed by atoms with van der Waals surface area (Å²) in [4.78, 5) is 17.4. The third kappa shape index (κ3) is 3.42. The summed E-state index contributed by atoms with van der Waals surface area (Å²) >= 11 is 7.71. The predicted octanol–water partition coefficient (Wildman–Crippen LogP) is 5.38. The van der Waals surface area contributed by atoms with E-state index in [0.717, 1.165) is 24.1 Å². The van der Waals surface area contributed by atoms with Crippen LogP contribution in [0.4, 0.5) is 10.3 Å². The predicted molar refractivity (Wildman–Crippen MR) is 115 cm³/mol. The molecule has 0 fully saturated rings. The van der Waals surface area contributed by atoms with Gasteiger partial charge in [0.2, 0.25) is 11.1 Å². The lowest BCUT2D eigenvalue weighted by molar-refractivity contribution is -0.116. The molecule has 2 aromatic carbocycles. The lowest BCUT2D eigenvalue weighted by atomic mass is 9.85. The molecule has 1 aromatic heterocycles. The minimum atomic E-state index is -0.618. The van der Waals surface area contributed by atoms with Crippen LogP contribution in [0, 0.1) is 5.82 Å². The van der Waals surface area contributed by atoms with Crippen molar-refractivity contribution < 1.29 is 9.18 Å². The maximum absolute atomic E-state index is 14.7. The molecule has 0 radical (unpaired) electrons. The van der Waals surface area contributed by atoms with E-state index in [1.165, 1.54) is 17.8 Å². The third-order valence-corrected chi connectivity index (χ3v) is 6.62. The number of carbonyl (C=O) groups is 1. The summed E-state index contributed by atoms with van der Waals surface area (Å²) in [5.41, 5.74) is 2.83. The molecule has 0 spiro atoms. The van der Waals surface area contributed by atoms with E-state index in [1.54, 1.807) is 22.9 Å². The summed E-state index contributed by atoms with van der Waals surface area (Å²) in [6, 6.07) is 13.6. The molecule has 0 saturated carbocycles. The van der Waals surface area contributed by atoms with Gasteiger partial charge in [-0.3, -0.25) is 4.79 Å². The summed E-state index contributed by atoms with van der Waals surface area (Å²) in [5, 5.41) is 9.14. The minimum Gasteiger partial charge on any atom is -0.328 e. The molecule has 8 heteroatoms. The number of rotatable bonds is 4. The number of ketones is 1. The highest BCUT2D eigenvalue weighted by molar-refractivity contribution is 7.98. The second kappa shape index (κ2) is 7.89. The van der Waals surface area contributed by atoms with E-state index >= 15 is 0 Å². The first-order valence-corrected chi connectivity index (χ1v) is 11.1. The highest BCUT2D eigenvalue weighted by atomic mass is 35.5. The van der Waals surface area contributed by atoms with Crippen LogP contribution in [0.2, 0.25) is 5.02 Å². The van der Waals surface area contributed by atoms with Crippen LogP contribution in [0.1, 0.15) is 36.4 Å². The first kappa shape index (κ1) is 19.3. The van der Waals surface area contributed by atoms with Crippen LogP contribution in [0.25, 0.3) is 0 Å². The number of carbonyl (C=O) groups excluding carboxylic acids is 1. The molecule has 1 aliphatic carbocycles. The van der Waals surface area contributed by atoms with E-state index in [1.807, 2.05) is 24.3 Å². The lowest BCUT2D eigenvalue weighted by Gasteiger charge is -2.32. The number of nitrogens with zero attached hydrogens (tertiary/aromatic N) is 3. The van der Waals surface area contributed by atoms with Gasteiger partial charge in [0, 0.05) is 34.0 Å². The van der Waals surface area contributed by atoms with Crippen LogP contribution in [0.5, 0.6) is 0 Å². The standard InChI is InChI=1S/C22H18ClFN4OS/c23-15-8-3-1-6-13(15)12-30-22-26-21-25-17-10-5-11-18(29)19(17)20(28(21)27-22)14-7-2-4-9-16(14)24/h1-4,6-9,20H,5,10-12H2,(H,25,26,27)/t20-/m0/s1. The van der Waals surface area contributed by atoms with E-state index in [-0.39, 0.29) is 11.6 Å². The maximum Gasteiger partial charge on any atom is 0.227 e. The number of nitrogens with one attached hydrogen (secondary N) is 1. The Labute approximate surface area is 182 Å². The molecule has 1 aliphatic heterocycles. The van der Waals surface area contributed by atoms with E-state index in [2.05, 4.69) is 15.4 Å². The molecule has 1 atom stereocenters. The van der Waals surface area contributed by atoms with Crippen LogP contribution in [-0.4, -0.2) is 20.5 Å². The molecule has 2 aliphatic rings. The lowest BCUT2D eigenvalue weighted by Crippen LogP contribution is -2.32. The van der Waals surface area contributed by atoms with Crippen LogP contribution < -0.4 is 5.32 Å². The van der Waals surface area contributed by atoms with Crippen molar-refractivity contribution in [1.82, 2.24) is 14.8 Å². The van der Waals surface area contributed by atoms with Gasteiger partial charge in [-0.1, -0.05) is 59.8 Å². The van der Waals surface area contributed by atoms with Gasteiger partial charge in [-0.15, -0.1) is 5.10 Å². The fraction of sp³-hybridized carbons (Fsp3) is 0.227. The second-order valence-electron chi connectivity index (χ2n) is 7.26. The van der Waals surface area contributed by atoms with Crippen molar-refractivity contribution in [3.05, 3.63) is 81.8 Å². The topological polar surface area (TPSA) is 59.8 Å². The van der Waals surface area contributed by atoms with E-state index in [4.69, 9.17) is 11.6 Å². The molecular weight excluding hydrogens is 423 g/mol. The number of allylic oxidation sites excluding steroid dienone is 2. The number of thioether (sulfide) groups is 1. The average Bonchev–Trinajstić information content (AvgIpc) is 3.15. The van der Waals surface area contributed by atoms with Crippen molar-refractivity contribution in [2.45, 2.75) is 36.2 Å². The zero-order chi connectivity index (χ0) is 20.7. The Morgan fingerprint density at radius 2 is 1.97 bits per heavy atom. The number of fused-ring (bicyclic) bond motifs is 1. The monoisotopic (exact) mass is 440 g/mol. The molecule has 0 unspecified atom stereocenters. The quantitative estimate of drug-likeness (QED) is 0.551. The number of hydrogen-bond acceptors (Lipinski definition) is 5. The van der Waals surface area contributed by atoms with Crippen LogP contribution in [0.3, 0.4) is 0 Å². The highest BCUT2D eigenvalue weighted by Crippen LogP contribution is 2.41. The summed E-state index contributed by atoms with van der Waals surface area (Å²) in [5.74, 6) is 0.808. The largest absolute Gasteiger partial charge is 0.328 e. The summed E-state index contributed by atoms with van der Waals surface area (Å²) in [6.07, 6.45) is 1.97. The molecule has 5 rings (SSSR count). The van der Waals surface area contributed by atoms with Gasteiger partial charge in [-0.25, -0.2) is 9.07 Å². The first-order valence-electron chi connectivity index (χ1n) is 9.72.